The highest BCUT2D eigenvalue weighted by Crippen LogP contribution is 2.23. The fraction of sp³-hybridized carbons (Fsp3) is 0.667. The molecule has 2 rings (SSSR count). The average Bonchev–Trinajstić information content (AvgIpc) is 2.89. The van der Waals surface area contributed by atoms with Gasteiger partial charge in [-0.2, -0.15) is 0 Å². The van der Waals surface area contributed by atoms with Crippen molar-refractivity contribution in [2.45, 2.75) is 58.1 Å². The van der Waals surface area contributed by atoms with Crippen LogP contribution >= 0.6 is 0 Å². The van der Waals surface area contributed by atoms with E-state index in [-0.39, 0.29) is 6.04 Å². The molecule has 1 aliphatic rings. The van der Waals surface area contributed by atoms with Gasteiger partial charge in [0.05, 0.1) is 17.8 Å². The molecule has 0 aromatic carbocycles. The molecule has 0 bridgehead atoms. The zero-order valence-electron chi connectivity index (χ0n) is 12.0. The fourth-order valence-corrected chi connectivity index (χ4v) is 2.81. The molecule has 1 aromatic rings. The molecule has 19 heavy (non-hydrogen) atoms. The fourth-order valence-electron chi connectivity index (χ4n) is 2.81. The van der Waals surface area contributed by atoms with E-state index in [4.69, 9.17) is 10.6 Å². The monoisotopic (exact) mass is 263 g/mol. The molecule has 2 unspecified atom stereocenters. The molecular formula is C15H25N3O. The summed E-state index contributed by atoms with van der Waals surface area (Å²) in [7, 11) is 0. The van der Waals surface area contributed by atoms with Gasteiger partial charge in [0.15, 0.2) is 0 Å². The van der Waals surface area contributed by atoms with Gasteiger partial charge in [0, 0.05) is 12.8 Å². The summed E-state index contributed by atoms with van der Waals surface area (Å²) in [6.45, 7) is 5.09. The van der Waals surface area contributed by atoms with Crippen LogP contribution in [0.4, 0.5) is 0 Å². The van der Waals surface area contributed by atoms with Crippen molar-refractivity contribution in [3.63, 3.8) is 0 Å². The van der Waals surface area contributed by atoms with Crippen LogP contribution in [0.2, 0.25) is 0 Å². The first-order valence-corrected chi connectivity index (χ1v) is 7.21. The first-order valence-electron chi connectivity index (χ1n) is 7.21. The van der Waals surface area contributed by atoms with Crippen molar-refractivity contribution >= 4 is 0 Å². The van der Waals surface area contributed by atoms with E-state index in [0.717, 1.165) is 31.6 Å². The summed E-state index contributed by atoms with van der Waals surface area (Å²) in [6, 6.07) is 2.30. The van der Waals surface area contributed by atoms with Gasteiger partial charge in [-0.25, -0.2) is 0 Å². The Morgan fingerprint density at radius 1 is 1.53 bits per heavy atom. The predicted octanol–water partition coefficient (Wildman–Crippen LogP) is 2.55. The summed E-state index contributed by atoms with van der Waals surface area (Å²) in [5, 5.41) is 0. The van der Waals surface area contributed by atoms with Crippen molar-refractivity contribution in [1.29, 1.82) is 0 Å². The maximum Gasteiger partial charge on any atom is 0.0634 e. The third-order valence-electron chi connectivity index (χ3n) is 3.83. The number of rotatable bonds is 6. The lowest BCUT2D eigenvalue weighted by molar-refractivity contribution is 0.101. The summed E-state index contributed by atoms with van der Waals surface area (Å²) in [5.41, 5.74) is 6.37. The molecule has 3 N–H and O–H groups in total. The van der Waals surface area contributed by atoms with Gasteiger partial charge in [-0.05, 0) is 57.1 Å². The molecule has 4 heteroatoms. The molecule has 2 heterocycles. The van der Waals surface area contributed by atoms with Crippen LogP contribution in [-0.4, -0.2) is 17.7 Å². The Hall–Kier alpha value is -0.970. The van der Waals surface area contributed by atoms with Crippen molar-refractivity contribution in [2.24, 2.45) is 5.84 Å². The number of aromatic nitrogens is 1. The minimum atomic E-state index is 0.141. The lowest BCUT2D eigenvalue weighted by atomic mass is 10.00. The van der Waals surface area contributed by atoms with E-state index in [0.29, 0.717) is 6.10 Å². The van der Waals surface area contributed by atoms with Crippen LogP contribution in [0, 0.1) is 13.8 Å². The number of hydrogen-bond donors (Lipinski definition) is 2. The first kappa shape index (κ1) is 14.4. The zero-order chi connectivity index (χ0) is 13.7. The van der Waals surface area contributed by atoms with Gasteiger partial charge < -0.3 is 4.74 Å². The molecule has 1 aromatic heterocycles. The number of ether oxygens (including phenoxy) is 1. The number of hydrogen-bond acceptors (Lipinski definition) is 4. The Balaban J connectivity index is 1.88. The minimum absolute atomic E-state index is 0.141. The number of nitrogens with two attached hydrogens (primary N) is 1. The molecule has 2 atom stereocenters. The van der Waals surface area contributed by atoms with Crippen molar-refractivity contribution in [3.05, 3.63) is 29.1 Å². The van der Waals surface area contributed by atoms with Crippen molar-refractivity contribution < 1.29 is 4.74 Å². The van der Waals surface area contributed by atoms with E-state index in [9.17, 15) is 0 Å². The van der Waals surface area contributed by atoms with Gasteiger partial charge >= 0.3 is 0 Å². The van der Waals surface area contributed by atoms with Gasteiger partial charge in [-0.1, -0.05) is 6.07 Å². The highest BCUT2D eigenvalue weighted by Gasteiger charge is 2.18. The van der Waals surface area contributed by atoms with E-state index in [2.05, 4.69) is 30.3 Å². The second-order valence-corrected chi connectivity index (χ2v) is 5.50. The topological polar surface area (TPSA) is 60.2 Å². The maximum absolute atomic E-state index is 5.68. The normalized spacial score (nSPS) is 20.7. The summed E-state index contributed by atoms with van der Waals surface area (Å²) in [5.74, 6) is 5.68. The Morgan fingerprint density at radius 3 is 3.00 bits per heavy atom. The minimum Gasteiger partial charge on any atom is -0.378 e. The predicted molar refractivity (Wildman–Crippen MR) is 76.6 cm³/mol. The first-order chi connectivity index (χ1) is 9.20. The standard InChI is InChI=1S/C15H25N3O/c1-11-9-12(2)15(17-10-11)14(18-16)7-3-5-13-6-4-8-19-13/h9-10,13-14,18H,3-8,16H2,1-2H3. The van der Waals surface area contributed by atoms with Crippen LogP contribution in [0.15, 0.2) is 12.3 Å². The molecule has 1 aliphatic heterocycles. The van der Waals surface area contributed by atoms with E-state index in [1.165, 1.54) is 24.0 Å². The van der Waals surface area contributed by atoms with Gasteiger partial charge in [0.2, 0.25) is 0 Å². The molecule has 1 saturated heterocycles. The largest absolute Gasteiger partial charge is 0.378 e. The van der Waals surface area contributed by atoms with Gasteiger partial charge in [0.1, 0.15) is 0 Å². The molecular weight excluding hydrogens is 238 g/mol. The highest BCUT2D eigenvalue weighted by atomic mass is 16.5. The summed E-state index contributed by atoms with van der Waals surface area (Å²) >= 11 is 0. The van der Waals surface area contributed by atoms with Gasteiger partial charge in [-0.15, -0.1) is 0 Å². The van der Waals surface area contributed by atoms with Crippen molar-refractivity contribution in [2.75, 3.05) is 6.61 Å². The van der Waals surface area contributed by atoms with Crippen LogP contribution < -0.4 is 11.3 Å². The van der Waals surface area contributed by atoms with Crippen LogP contribution in [0.3, 0.4) is 0 Å². The average molecular weight is 263 g/mol. The second kappa shape index (κ2) is 6.98. The SMILES string of the molecule is Cc1cnc(C(CCCC2CCCO2)NN)c(C)c1. The molecule has 0 aliphatic carbocycles. The quantitative estimate of drug-likeness (QED) is 0.611. The van der Waals surface area contributed by atoms with Crippen LogP contribution in [0.1, 0.15) is 55.0 Å². The number of nitrogens with zero attached hydrogens (tertiary/aromatic N) is 1. The molecule has 0 saturated carbocycles. The van der Waals surface area contributed by atoms with Crippen LogP contribution in [-0.2, 0) is 4.74 Å². The van der Waals surface area contributed by atoms with E-state index in [1.807, 2.05) is 6.20 Å². The molecule has 106 valence electrons. The molecule has 0 spiro atoms. The third-order valence-corrected chi connectivity index (χ3v) is 3.83. The summed E-state index contributed by atoms with van der Waals surface area (Å²) < 4.78 is 5.65. The third kappa shape index (κ3) is 4.00. The molecule has 0 amide bonds. The van der Waals surface area contributed by atoms with Crippen molar-refractivity contribution in [3.8, 4) is 0 Å². The zero-order valence-corrected chi connectivity index (χ0v) is 12.0. The number of aryl methyl sites for hydroxylation is 2. The summed E-state index contributed by atoms with van der Waals surface area (Å²) in [6.07, 6.45) is 8.05. The Kier molecular flexibility index (Phi) is 5.31. The van der Waals surface area contributed by atoms with Crippen LogP contribution in [0.25, 0.3) is 0 Å². The summed E-state index contributed by atoms with van der Waals surface area (Å²) in [4.78, 5) is 4.53. The van der Waals surface area contributed by atoms with E-state index < -0.39 is 0 Å². The molecule has 4 nitrogen and oxygen atoms in total. The molecule has 0 radical (unpaired) electrons. The maximum atomic E-state index is 5.68. The molecule has 1 fully saturated rings. The van der Waals surface area contributed by atoms with Gasteiger partial charge in [-0.3, -0.25) is 16.3 Å². The smallest absolute Gasteiger partial charge is 0.0634 e. The highest BCUT2D eigenvalue weighted by molar-refractivity contribution is 5.25. The van der Waals surface area contributed by atoms with E-state index >= 15 is 0 Å². The Morgan fingerprint density at radius 2 is 2.37 bits per heavy atom. The lowest BCUT2D eigenvalue weighted by Gasteiger charge is -2.18. The van der Waals surface area contributed by atoms with Gasteiger partial charge in [0.25, 0.3) is 0 Å². The second-order valence-electron chi connectivity index (χ2n) is 5.50. The van der Waals surface area contributed by atoms with E-state index in [1.54, 1.807) is 0 Å². The van der Waals surface area contributed by atoms with Crippen molar-refractivity contribution in [1.82, 2.24) is 10.4 Å². The Labute approximate surface area is 115 Å². The Bertz CT molecular complexity index is 402. The number of hydrazine groups is 1. The van der Waals surface area contributed by atoms with Crippen LogP contribution in [0.5, 0.6) is 0 Å². The number of pyridine rings is 1. The number of nitrogens with one attached hydrogen (secondary N) is 1. The lowest BCUT2D eigenvalue weighted by Crippen LogP contribution is -2.29.